The summed E-state index contributed by atoms with van der Waals surface area (Å²) in [7, 11) is 0. The molecule has 1 amide bonds. The maximum Gasteiger partial charge on any atom is 0.259 e. The fraction of sp³-hybridized carbons (Fsp3) is 0. The van der Waals surface area contributed by atoms with Gasteiger partial charge in [-0.1, -0.05) is 11.3 Å². The maximum absolute atomic E-state index is 13.5. The third-order valence-electron chi connectivity index (χ3n) is 2.60. The van der Waals surface area contributed by atoms with Crippen LogP contribution in [0.3, 0.4) is 0 Å². The molecule has 1 N–H and O–H groups in total. The molecular formula is C13H6BrF2N3OS. The highest BCUT2D eigenvalue weighted by molar-refractivity contribution is 9.10. The van der Waals surface area contributed by atoms with E-state index in [1.807, 2.05) is 0 Å². The summed E-state index contributed by atoms with van der Waals surface area (Å²) in [5, 5.41) is 2.73. The molecule has 106 valence electrons. The van der Waals surface area contributed by atoms with E-state index in [1.165, 1.54) is 12.3 Å². The minimum atomic E-state index is -0.758. The predicted molar refractivity (Wildman–Crippen MR) is 79.4 cm³/mol. The average Bonchev–Trinajstić information content (AvgIpc) is 2.81. The Balaban J connectivity index is 1.91. The van der Waals surface area contributed by atoms with Gasteiger partial charge in [0.25, 0.3) is 5.91 Å². The summed E-state index contributed by atoms with van der Waals surface area (Å²) < 4.78 is 27.7. The zero-order valence-electron chi connectivity index (χ0n) is 10.2. The van der Waals surface area contributed by atoms with E-state index < -0.39 is 17.5 Å². The Morgan fingerprint density at radius 3 is 2.81 bits per heavy atom. The lowest BCUT2D eigenvalue weighted by atomic mass is 10.3. The van der Waals surface area contributed by atoms with Gasteiger partial charge in [-0.15, -0.1) is 0 Å². The van der Waals surface area contributed by atoms with Crippen molar-refractivity contribution in [2.24, 2.45) is 0 Å². The van der Waals surface area contributed by atoms with Gasteiger partial charge in [-0.25, -0.2) is 13.8 Å². The van der Waals surface area contributed by atoms with Crippen molar-refractivity contribution in [1.82, 2.24) is 9.97 Å². The number of anilines is 1. The van der Waals surface area contributed by atoms with Crippen molar-refractivity contribution in [3.8, 4) is 0 Å². The summed E-state index contributed by atoms with van der Waals surface area (Å²) >= 11 is 4.21. The van der Waals surface area contributed by atoms with Gasteiger partial charge in [0.15, 0.2) is 10.9 Å². The molecule has 0 fully saturated rings. The lowest BCUT2D eigenvalue weighted by molar-refractivity contribution is 0.102. The second-order valence-electron chi connectivity index (χ2n) is 4.10. The van der Waals surface area contributed by atoms with Gasteiger partial charge >= 0.3 is 0 Å². The van der Waals surface area contributed by atoms with Crippen molar-refractivity contribution < 1.29 is 13.6 Å². The monoisotopic (exact) mass is 369 g/mol. The number of carbonyl (C=O) groups is 1. The molecule has 0 saturated heterocycles. The predicted octanol–water partition coefficient (Wildman–Crippen LogP) is 3.98. The highest BCUT2D eigenvalue weighted by Crippen LogP contribution is 2.29. The second kappa shape index (κ2) is 5.45. The van der Waals surface area contributed by atoms with Crippen LogP contribution in [-0.4, -0.2) is 15.9 Å². The van der Waals surface area contributed by atoms with E-state index in [0.717, 1.165) is 17.4 Å². The van der Waals surface area contributed by atoms with E-state index in [-0.39, 0.29) is 10.6 Å². The smallest absolute Gasteiger partial charge is 0.259 e. The Hall–Kier alpha value is -1.93. The van der Waals surface area contributed by atoms with Crippen LogP contribution in [0.15, 0.2) is 35.1 Å². The zero-order valence-corrected chi connectivity index (χ0v) is 12.6. The molecule has 2 heterocycles. The molecule has 1 aromatic carbocycles. The minimum Gasteiger partial charge on any atom is -0.298 e. The third kappa shape index (κ3) is 2.91. The van der Waals surface area contributed by atoms with Gasteiger partial charge in [0.05, 0.1) is 10.3 Å². The van der Waals surface area contributed by atoms with Crippen molar-refractivity contribution in [3.63, 3.8) is 0 Å². The van der Waals surface area contributed by atoms with Gasteiger partial charge in [-0.2, -0.15) is 0 Å². The highest BCUT2D eigenvalue weighted by Gasteiger charge is 2.13. The average molecular weight is 370 g/mol. The summed E-state index contributed by atoms with van der Waals surface area (Å²) in [5.74, 6) is -1.87. The number of benzene rings is 1. The first-order valence-electron chi connectivity index (χ1n) is 5.70. The summed E-state index contributed by atoms with van der Waals surface area (Å²) in [6.45, 7) is 0. The van der Waals surface area contributed by atoms with Crippen LogP contribution < -0.4 is 5.32 Å². The number of halogens is 3. The lowest BCUT2D eigenvalue weighted by Crippen LogP contribution is -2.11. The number of pyridine rings is 1. The fourth-order valence-electron chi connectivity index (χ4n) is 1.72. The van der Waals surface area contributed by atoms with Gasteiger partial charge < -0.3 is 0 Å². The number of hydrogen-bond acceptors (Lipinski definition) is 4. The van der Waals surface area contributed by atoms with Crippen LogP contribution in [0, 0.1) is 11.6 Å². The molecule has 4 nitrogen and oxygen atoms in total. The molecule has 2 aromatic heterocycles. The molecule has 3 rings (SSSR count). The summed E-state index contributed by atoms with van der Waals surface area (Å²) in [6, 6.07) is 3.52. The number of fused-ring (bicyclic) bond motifs is 1. The molecule has 0 unspecified atom stereocenters. The molecule has 0 saturated carbocycles. The largest absolute Gasteiger partial charge is 0.298 e. The van der Waals surface area contributed by atoms with Crippen LogP contribution in [0.25, 0.3) is 10.2 Å². The van der Waals surface area contributed by atoms with Gasteiger partial charge in [0.1, 0.15) is 11.3 Å². The SMILES string of the molecule is O=C(Nc1nc2c(F)cc(F)cc2s1)c1cncc(Br)c1. The lowest BCUT2D eigenvalue weighted by Gasteiger charge is -2.01. The van der Waals surface area contributed by atoms with Crippen molar-refractivity contribution in [3.05, 3.63) is 52.3 Å². The second-order valence-corrected chi connectivity index (χ2v) is 6.05. The van der Waals surface area contributed by atoms with Crippen LogP contribution in [0.1, 0.15) is 10.4 Å². The number of hydrogen-bond donors (Lipinski definition) is 1. The van der Waals surface area contributed by atoms with Crippen molar-refractivity contribution in [1.29, 1.82) is 0 Å². The number of carbonyl (C=O) groups excluding carboxylic acids is 1. The first-order chi connectivity index (χ1) is 10.0. The number of rotatable bonds is 2. The molecule has 0 atom stereocenters. The zero-order chi connectivity index (χ0) is 15.0. The van der Waals surface area contributed by atoms with E-state index in [2.05, 4.69) is 31.2 Å². The topological polar surface area (TPSA) is 54.9 Å². The molecule has 0 spiro atoms. The number of aromatic nitrogens is 2. The summed E-state index contributed by atoms with van der Waals surface area (Å²) in [4.78, 5) is 19.9. The standard InChI is InChI=1S/C13H6BrF2N3OS/c14-7-1-6(4-17-5-7)12(20)19-13-18-11-9(16)2-8(15)3-10(11)21-13/h1-5H,(H,18,19,20). The van der Waals surface area contributed by atoms with Crippen molar-refractivity contribution >= 4 is 48.5 Å². The molecule has 0 aliphatic carbocycles. The van der Waals surface area contributed by atoms with E-state index >= 15 is 0 Å². The Morgan fingerprint density at radius 2 is 2.05 bits per heavy atom. The minimum absolute atomic E-state index is 0.0315. The van der Waals surface area contributed by atoms with E-state index in [0.29, 0.717) is 14.7 Å². The van der Waals surface area contributed by atoms with Crippen molar-refractivity contribution in [2.45, 2.75) is 0 Å². The van der Waals surface area contributed by atoms with E-state index in [1.54, 1.807) is 12.3 Å². The first kappa shape index (κ1) is 14.0. The van der Waals surface area contributed by atoms with Gasteiger partial charge in [0, 0.05) is 22.9 Å². The Kier molecular flexibility index (Phi) is 3.64. The summed E-state index contributed by atoms with van der Waals surface area (Å²) in [6.07, 6.45) is 2.94. The van der Waals surface area contributed by atoms with Crippen LogP contribution in [0.2, 0.25) is 0 Å². The van der Waals surface area contributed by atoms with E-state index in [4.69, 9.17) is 0 Å². The quantitative estimate of drug-likeness (QED) is 0.742. The van der Waals surface area contributed by atoms with Gasteiger partial charge in [0.2, 0.25) is 0 Å². The molecule has 0 aliphatic heterocycles. The maximum atomic E-state index is 13.5. The van der Waals surface area contributed by atoms with Crippen molar-refractivity contribution in [2.75, 3.05) is 5.32 Å². The molecule has 0 radical (unpaired) electrons. The fourth-order valence-corrected chi connectivity index (χ4v) is 2.98. The molecule has 0 aliphatic rings. The van der Waals surface area contributed by atoms with Crippen LogP contribution >= 0.6 is 27.3 Å². The van der Waals surface area contributed by atoms with Gasteiger partial charge in [-0.3, -0.25) is 15.1 Å². The number of nitrogens with one attached hydrogen (secondary N) is 1. The molecule has 8 heteroatoms. The highest BCUT2D eigenvalue weighted by atomic mass is 79.9. The Bertz CT molecular complexity index is 853. The van der Waals surface area contributed by atoms with Crippen LogP contribution in [0.5, 0.6) is 0 Å². The number of nitrogens with zero attached hydrogens (tertiary/aromatic N) is 2. The van der Waals surface area contributed by atoms with Gasteiger partial charge in [-0.05, 0) is 28.1 Å². The van der Waals surface area contributed by atoms with Crippen LogP contribution in [0.4, 0.5) is 13.9 Å². The normalized spacial score (nSPS) is 10.8. The Labute approximate surface area is 130 Å². The Morgan fingerprint density at radius 1 is 1.24 bits per heavy atom. The molecule has 21 heavy (non-hydrogen) atoms. The third-order valence-corrected chi connectivity index (χ3v) is 3.95. The van der Waals surface area contributed by atoms with E-state index in [9.17, 15) is 13.6 Å². The number of amides is 1. The molecular weight excluding hydrogens is 364 g/mol. The number of thiazole rings is 1. The first-order valence-corrected chi connectivity index (χ1v) is 7.31. The molecule has 0 bridgehead atoms. The van der Waals surface area contributed by atoms with Crippen LogP contribution in [-0.2, 0) is 0 Å². The summed E-state index contributed by atoms with van der Waals surface area (Å²) in [5.41, 5.74) is 0.361. The molecule has 3 aromatic rings.